The number of rotatable bonds is 37. The molecule has 15 aromatic rings. The second-order valence-electron chi connectivity index (χ2n) is 33.5. The highest BCUT2D eigenvalue weighted by molar-refractivity contribution is 8.05. The molecule has 11 N–H and O–H groups in total. The zero-order valence-corrected chi connectivity index (χ0v) is 86.0. The first kappa shape index (κ1) is 111. The molecule has 0 spiro atoms. The molecule has 750 valence electrons. The Kier molecular flexibility index (Phi) is 40.7. The molecule has 1 aliphatic rings. The number of nitrogens with one attached hydrogen (secondary N) is 3. The molecular formula is C105H120F3N6O18S9+3. The molecule has 16 rings (SSSR count). The molecule has 0 saturated carbocycles. The maximum absolute atomic E-state index is 13.0. The van der Waals surface area contributed by atoms with Gasteiger partial charge in [-0.3, -0.25) is 4.98 Å². The quantitative estimate of drug-likeness (QED) is 0.00748. The molecule has 141 heavy (non-hydrogen) atoms. The molecular weight excluding hydrogens is 1980 g/mol. The fraction of sp³-hybridized carbons (Fsp3) is 0.286. The molecule has 0 radical (unpaired) electrons. The summed E-state index contributed by atoms with van der Waals surface area (Å²) in [7, 11) is -22.0. The Morgan fingerprint density at radius 3 is 1.22 bits per heavy atom. The first-order chi connectivity index (χ1) is 67.4. The number of sulfonamides is 5. The van der Waals surface area contributed by atoms with Crippen LogP contribution in [0, 0.1) is 0 Å². The summed E-state index contributed by atoms with van der Waals surface area (Å²) >= 11 is 0. The number of halogens is 3. The predicted octanol–water partition coefficient (Wildman–Crippen LogP) is 19.7. The second-order valence-corrected chi connectivity index (χ2v) is 50.5. The molecule has 12 aromatic carbocycles. The van der Waals surface area contributed by atoms with Crippen molar-refractivity contribution < 1.29 is 94.3 Å². The number of nitrogen functional groups attached to an aromatic ring is 1. The summed E-state index contributed by atoms with van der Waals surface area (Å²) in [6, 6.07) is 88.6. The minimum atomic E-state index is -5.57. The van der Waals surface area contributed by atoms with Gasteiger partial charge in [0.15, 0.2) is 43.3 Å². The molecule has 36 heteroatoms. The van der Waals surface area contributed by atoms with Crippen molar-refractivity contribution in [1.29, 1.82) is 0 Å². The number of fused-ring (bicyclic) bond motifs is 9. The lowest BCUT2D eigenvalue weighted by Gasteiger charge is -2.19. The standard InChI is InChI=1S/C24H25O3S.C20H30N2O4S2.C20H17O3S2.C20H17OS.C14H24N2O4S2.C7H7F3N2O3S/c25-12-9-17-1-5-20(6-2-17)28-23-7-3-18(10-13-26)15-21(23)22-16-19(11-14-27)4-8-24(22)28;1-4-5-6-7-8-9-16-27(23,24)21-28(25,26)20-15-11-12-17-18(20)13-10-14-19(17)22(2)3;21-14-13-15-9-11-16(12-10-15)24-17-5-1-3-7-19(17)25(22,23)20-8-4-2-6-18(20)24;21-14-13-15-9-11-16(12-10-15)22-19-7-3-1-5-17(19)18-6-2-4-8-20(18)22;1-2-3-4-5-6-7-12-21(17,18)16-22(19,20)14-10-8-13(15)9-11-14;8-7(9,10)16(14,15)12-6(13)5-2-1-3-11-4-5/h1-8,15-16,25-27H,9-14H2;10-15,21H,4-9,16H2,1-3H3;1-12,21H,13-14H2;1-12,21H,13-14H2;8-11,16H,2-7,12,15H2,1H3;1-4,6,12-13H/q+1;;2*+1;;. The lowest BCUT2D eigenvalue weighted by atomic mass is 10.0. The molecule has 1 unspecified atom stereocenters. The van der Waals surface area contributed by atoms with Gasteiger partial charge in [0.05, 0.1) is 21.3 Å². The summed E-state index contributed by atoms with van der Waals surface area (Å²) < 4.78 is 191. The molecule has 0 saturated heterocycles. The minimum absolute atomic E-state index is 0.0153. The maximum Gasteiger partial charge on any atom is 0.511 e. The van der Waals surface area contributed by atoms with Crippen molar-refractivity contribution in [3.8, 4) is 9.79 Å². The number of unbranched alkanes of at least 4 members (excludes halogenated alkanes) is 10. The fourth-order valence-electron chi connectivity index (χ4n) is 15.9. The Morgan fingerprint density at radius 2 is 0.787 bits per heavy atom. The van der Waals surface area contributed by atoms with E-state index in [4.69, 9.17) is 21.1 Å². The Hall–Kier alpha value is -10.4. The van der Waals surface area contributed by atoms with Crippen LogP contribution in [0.1, 0.15) is 131 Å². The number of aliphatic hydroxyl groups excluding tert-OH is 6. The molecule has 4 heterocycles. The summed E-state index contributed by atoms with van der Waals surface area (Å²) in [5, 5.41) is 61.6. The highest BCUT2D eigenvalue weighted by Crippen LogP contribution is 2.51. The third-order valence-corrected chi connectivity index (χ3v) is 40.5. The highest BCUT2D eigenvalue weighted by Gasteiger charge is 2.48. The van der Waals surface area contributed by atoms with Gasteiger partial charge in [0.2, 0.25) is 29.9 Å². The van der Waals surface area contributed by atoms with Crippen molar-refractivity contribution in [2.75, 3.05) is 69.3 Å². The third kappa shape index (κ3) is 29.7. The van der Waals surface area contributed by atoms with Crippen LogP contribution in [0.25, 0.3) is 60.9 Å². The van der Waals surface area contributed by atoms with Gasteiger partial charge in [-0.2, -0.15) is 17.9 Å². The summed E-state index contributed by atoms with van der Waals surface area (Å²) in [5.74, 6) is -0.376. The van der Waals surface area contributed by atoms with Crippen LogP contribution < -0.4 is 23.6 Å². The highest BCUT2D eigenvalue weighted by atomic mass is 32.3. The first-order valence-corrected chi connectivity index (χ1v) is 59.0. The van der Waals surface area contributed by atoms with Gasteiger partial charge in [0, 0.05) is 130 Å². The van der Waals surface area contributed by atoms with Gasteiger partial charge >= 0.3 is 15.5 Å². The van der Waals surface area contributed by atoms with Gasteiger partial charge in [-0.05, 0) is 224 Å². The Bertz CT molecular complexity index is 7250. The lowest BCUT2D eigenvalue weighted by molar-refractivity contribution is -0.0465. The van der Waals surface area contributed by atoms with Gasteiger partial charge in [-0.25, -0.2) is 50.5 Å². The topological polar surface area (TPSA) is 404 Å². The molecule has 0 fully saturated rings. The van der Waals surface area contributed by atoms with E-state index in [1.807, 2.05) is 83.8 Å². The fourth-order valence-corrected chi connectivity index (χ4v) is 32.4. The van der Waals surface area contributed by atoms with Crippen LogP contribution in [-0.2, 0) is 103 Å². The van der Waals surface area contributed by atoms with Crippen molar-refractivity contribution >= 4 is 154 Å². The van der Waals surface area contributed by atoms with Gasteiger partial charge in [-0.15, -0.1) is 8.25 Å². The van der Waals surface area contributed by atoms with E-state index < -0.39 is 82.6 Å². The number of benzene rings is 12. The van der Waals surface area contributed by atoms with E-state index in [1.54, 1.807) is 46.6 Å². The van der Waals surface area contributed by atoms with Crippen molar-refractivity contribution in [3.63, 3.8) is 0 Å². The summed E-state index contributed by atoms with van der Waals surface area (Å²) in [4.78, 5) is 11.4. The maximum atomic E-state index is 13.0. The number of sulfone groups is 1. The Labute approximate surface area is 832 Å². The monoisotopic (exact) mass is 2100 g/mol. The van der Waals surface area contributed by atoms with E-state index >= 15 is 0 Å². The van der Waals surface area contributed by atoms with Gasteiger partial charge in [0.25, 0.3) is 20.0 Å². The van der Waals surface area contributed by atoms with Crippen LogP contribution in [0.4, 0.5) is 24.5 Å². The zero-order chi connectivity index (χ0) is 102. The molecule has 24 nitrogen and oxygen atoms in total. The molecule has 0 bridgehead atoms. The lowest BCUT2D eigenvalue weighted by Crippen LogP contribution is -2.38. The van der Waals surface area contributed by atoms with Crippen molar-refractivity contribution in [2.24, 2.45) is 0 Å². The smallest absolute Gasteiger partial charge is 0.399 e. The molecule has 1 atom stereocenters. The van der Waals surface area contributed by atoms with Crippen molar-refractivity contribution in [3.05, 3.63) is 325 Å². The van der Waals surface area contributed by atoms with Crippen LogP contribution in [0.15, 0.2) is 326 Å². The third-order valence-electron chi connectivity index (χ3n) is 22.9. The summed E-state index contributed by atoms with van der Waals surface area (Å²) in [6.45, 7) is 5.01. The van der Waals surface area contributed by atoms with Crippen LogP contribution in [-0.4, -0.2) is 150 Å². The van der Waals surface area contributed by atoms with Crippen molar-refractivity contribution in [2.45, 2.75) is 169 Å². The van der Waals surface area contributed by atoms with E-state index in [1.165, 1.54) is 104 Å². The molecule has 3 aromatic heterocycles. The van der Waals surface area contributed by atoms with Crippen LogP contribution in [0.2, 0.25) is 0 Å². The first-order valence-electron chi connectivity index (χ1n) is 46.1. The molecule has 0 aliphatic carbocycles. The number of aliphatic hydroxyl groups is 6. The number of hydrogen-bond acceptors (Lipinski definition) is 21. The number of anilines is 2. The van der Waals surface area contributed by atoms with E-state index in [2.05, 4.69) is 152 Å². The van der Waals surface area contributed by atoms with Crippen LogP contribution in [0.3, 0.4) is 0 Å². The van der Waals surface area contributed by atoms with E-state index in [0.717, 1.165) is 130 Å². The van der Waals surface area contributed by atoms with Crippen molar-refractivity contribution in [1.82, 2.24) is 18.0 Å². The number of hydrogen-bond donors (Lipinski definition) is 10. The van der Waals surface area contributed by atoms with E-state index in [-0.39, 0.29) is 80.8 Å². The predicted molar refractivity (Wildman–Crippen MR) is 563 cm³/mol. The summed E-state index contributed by atoms with van der Waals surface area (Å²) in [5.41, 5.74) is 6.90. The van der Waals surface area contributed by atoms with E-state index in [9.17, 15) is 79.0 Å². The SMILES string of the molecule is CCCCCCCCS(=O)(=O)NS(=O)(=O)c1ccc(N)cc1.CCCCCCCCS(=O)(=O)NS(=O)(=O)c1cccc2c(N(C)C)cccc12.O=S(=O)(NC(O)c1cccnc1)C(F)(F)F.O=S1(=O)c2ccccc2[S+](c2ccc(CCO)cc2)c2ccccc21.OCCc1ccc(-[s+]2c3ccc(CCO)cc3c3cc(CCO)ccc32)cc1.OCCc1ccc(-[s+]2c3ccccc3c3ccccc32)cc1. The van der Waals surface area contributed by atoms with E-state index in [0.29, 0.717) is 59.4 Å². The number of pyridine rings is 1. The average Bonchev–Trinajstić information content (AvgIpc) is 1.66. The van der Waals surface area contributed by atoms with Gasteiger partial charge in [-0.1, -0.05) is 205 Å². The Morgan fingerprint density at radius 1 is 0.404 bits per heavy atom. The Balaban J connectivity index is 0.000000163. The van der Waals surface area contributed by atoms with Gasteiger partial charge in [0.1, 0.15) is 26.9 Å². The number of thiophene rings is 2. The molecule has 0 amide bonds. The normalized spacial score (nSPS) is 12.9. The largest absolute Gasteiger partial charge is 0.511 e. The number of alkyl halides is 3. The van der Waals surface area contributed by atoms with Crippen LogP contribution in [0.5, 0.6) is 0 Å². The number of nitrogens with two attached hydrogens (primary N) is 1. The molecule has 1 aliphatic heterocycles. The second kappa shape index (κ2) is 51.7. The average molecular weight is 2100 g/mol. The number of nitrogens with zero attached hydrogens (tertiary/aromatic N) is 2. The minimum Gasteiger partial charge on any atom is -0.399 e. The van der Waals surface area contributed by atoms with Crippen LogP contribution >= 0.6 is 20.9 Å². The summed E-state index contributed by atoms with van der Waals surface area (Å²) in [6.07, 6.45) is 14.8. The number of aromatic nitrogens is 1. The zero-order valence-electron chi connectivity index (χ0n) is 78.6. The van der Waals surface area contributed by atoms with Gasteiger partial charge < -0.3 is 41.3 Å².